The highest BCUT2D eigenvalue weighted by Gasteiger charge is 2.29. The van der Waals surface area contributed by atoms with Gasteiger partial charge in [0.2, 0.25) is 5.91 Å². The second-order valence-electron chi connectivity index (χ2n) is 5.15. The van der Waals surface area contributed by atoms with Crippen LogP contribution in [0.2, 0.25) is 5.02 Å². The van der Waals surface area contributed by atoms with Crippen molar-refractivity contribution < 1.29 is 4.79 Å². The molecule has 112 valence electrons. The van der Waals surface area contributed by atoms with Crippen LogP contribution in [0, 0.1) is 17.2 Å². The Hall–Kier alpha value is -2.03. The van der Waals surface area contributed by atoms with Gasteiger partial charge in [-0.15, -0.1) is 11.3 Å². The Labute approximate surface area is 137 Å². The van der Waals surface area contributed by atoms with E-state index in [9.17, 15) is 4.79 Å². The normalized spacial score (nSPS) is 17.3. The highest BCUT2D eigenvalue weighted by atomic mass is 35.5. The van der Waals surface area contributed by atoms with Crippen LogP contribution >= 0.6 is 22.9 Å². The number of nitrogens with one attached hydrogen (secondary N) is 1. The smallest absolute Gasteiger partial charge is 0.229 e. The molecule has 0 spiro atoms. The monoisotopic (exact) mass is 331 g/mol. The molecule has 22 heavy (non-hydrogen) atoms. The number of nitriles is 1. The molecular formula is C16H14ClN3OS. The van der Waals surface area contributed by atoms with Gasteiger partial charge >= 0.3 is 0 Å². The van der Waals surface area contributed by atoms with Crippen LogP contribution in [0.25, 0.3) is 0 Å². The number of para-hydroxylation sites is 1. The molecule has 6 heteroatoms. The summed E-state index contributed by atoms with van der Waals surface area (Å²) in [4.78, 5) is 14.5. The van der Waals surface area contributed by atoms with Gasteiger partial charge in [-0.3, -0.25) is 4.79 Å². The highest BCUT2D eigenvalue weighted by molar-refractivity contribution is 7.14. The molecule has 1 atom stereocenters. The van der Waals surface area contributed by atoms with Gasteiger partial charge in [0.25, 0.3) is 0 Å². The van der Waals surface area contributed by atoms with Gasteiger partial charge in [-0.1, -0.05) is 23.7 Å². The van der Waals surface area contributed by atoms with Gasteiger partial charge in [-0.2, -0.15) is 5.26 Å². The number of carbonyl (C=O) groups is 1. The summed E-state index contributed by atoms with van der Waals surface area (Å²) in [5.41, 5.74) is 1.48. The Kier molecular flexibility index (Phi) is 4.32. The number of carbonyl (C=O) groups excluding carboxylic acids is 1. The van der Waals surface area contributed by atoms with Gasteiger partial charge < -0.3 is 10.2 Å². The lowest BCUT2D eigenvalue weighted by Gasteiger charge is -2.19. The van der Waals surface area contributed by atoms with Gasteiger partial charge in [0.05, 0.1) is 22.2 Å². The molecule has 1 aliphatic heterocycles. The van der Waals surface area contributed by atoms with Gasteiger partial charge in [-0.25, -0.2) is 0 Å². The van der Waals surface area contributed by atoms with Crippen LogP contribution < -0.4 is 10.2 Å². The molecule has 4 nitrogen and oxygen atoms in total. The average molecular weight is 332 g/mol. The first kappa shape index (κ1) is 14.9. The first-order chi connectivity index (χ1) is 10.7. The number of rotatable bonds is 3. The Balaban J connectivity index is 1.67. The van der Waals surface area contributed by atoms with Crippen LogP contribution in [0.3, 0.4) is 0 Å². The molecule has 1 amide bonds. The van der Waals surface area contributed by atoms with Gasteiger partial charge in [0, 0.05) is 13.1 Å². The average Bonchev–Trinajstić information content (AvgIpc) is 3.16. The second kappa shape index (κ2) is 6.39. The predicted octanol–water partition coefficient (Wildman–Crippen LogP) is 3.74. The lowest BCUT2D eigenvalue weighted by Crippen LogP contribution is -2.27. The SMILES string of the molecule is N#Cc1ccsc1NC(=O)[C@H]1CCN(c2ccccc2Cl)C1. The molecule has 1 aliphatic rings. The Morgan fingerprint density at radius 1 is 1.41 bits per heavy atom. The summed E-state index contributed by atoms with van der Waals surface area (Å²) in [5, 5.41) is 15.0. The largest absolute Gasteiger partial charge is 0.370 e. The molecule has 2 aromatic rings. The van der Waals surface area contributed by atoms with Crippen molar-refractivity contribution in [1.82, 2.24) is 0 Å². The number of nitrogens with zero attached hydrogens (tertiary/aromatic N) is 2. The summed E-state index contributed by atoms with van der Waals surface area (Å²) in [5.74, 6) is -0.126. The van der Waals surface area contributed by atoms with Gasteiger partial charge in [0.15, 0.2) is 0 Å². The van der Waals surface area contributed by atoms with Crippen molar-refractivity contribution in [3.05, 3.63) is 46.3 Å². The minimum atomic E-state index is -0.0927. The number of benzene rings is 1. The van der Waals surface area contributed by atoms with Crippen molar-refractivity contribution in [2.45, 2.75) is 6.42 Å². The quantitative estimate of drug-likeness (QED) is 0.932. The summed E-state index contributed by atoms with van der Waals surface area (Å²) in [7, 11) is 0. The third-order valence-electron chi connectivity index (χ3n) is 3.77. The fourth-order valence-corrected chi connectivity index (χ4v) is 3.60. The molecule has 1 saturated heterocycles. The maximum absolute atomic E-state index is 12.4. The minimum Gasteiger partial charge on any atom is -0.370 e. The molecule has 0 aliphatic carbocycles. The van der Waals surface area contributed by atoms with Crippen LogP contribution in [-0.4, -0.2) is 19.0 Å². The van der Waals surface area contributed by atoms with E-state index in [-0.39, 0.29) is 11.8 Å². The standard InChI is InChI=1S/C16H14ClN3OS/c17-13-3-1-2-4-14(13)20-7-5-12(10-20)15(21)19-16-11(9-18)6-8-22-16/h1-4,6,8,12H,5,7,10H2,(H,19,21)/t12-/m0/s1. The second-order valence-corrected chi connectivity index (χ2v) is 6.47. The Morgan fingerprint density at radius 2 is 2.23 bits per heavy atom. The fourth-order valence-electron chi connectivity index (χ4n) is 2.61. The number of amides is 1. The van der Waals surface area contributed by atoms with Gasteiger partial charge in [0.1, 0.15) is 11.1 Å². The van der Waals surface area contributed by atoms with E-state index < -0.39 is 0 Å². The van der Waals surface area contributed by atoms with Crippen molar-refractivity contribution in [1.29, 1.82) is 5.26 Å². The Morgan fingerprint density at radius 3 is 3.00 bits per heavy atom. The molecule has 0 unspecified atom stereocenters. The van der Waals surface area contributed by atoms with Crippen LogP contribution in [0.5, 0.6) is 0 Å². The fraction of sp³-hybridized carbons (Fsp3) is 0.250. The van der Waals surface area contributed by atoms with Crippen molar-refractivity contribution >= 4 is 39.5 Å². The molecule has 3 rings (SSSR count). The maximum Gasteiger partial charge on any atom is 0.229 e. The van der Waals surface area contributed by atoms with Crippen LogP contribution in [0.1, 0.15) is 12.0 Å². The zero-order valence-electron chi connectivity index (χ0n) is 11.8. The summed E-state index contributed by atoms with van der Waals surface area (Å²) in [6.45, 7) is 1.44. The molecular weight excluding hydrogens is 318 g/mol. The number of thiophene rings is 1. The van der Waals surface area contributed by atoms with Crippen molar-refractivity contribution in [3.8, 4) is 6.07 Å². The van der Waals surface area contributed by atoms with Gasteiger partial charge in [-0.05, 0) is 30.0 Å². The lowest BCUT2D eigenvalue weighted by atomic mass is 10.1. The van der Waals surface area contributed by atoms with E-state index in [1.807, 2.05) is 24.3 Å². The van der Waals surface area contributed by atoms with E-state index >= 15 is 0 Å². The van der Waals surface area contributed by atoms with E-state index in [0.29, 0.717) is 22.1 Å². The summed E-state index contributed by atoms with van der Waals surface area (Å²) < 4.78 is 0. The van der Waals surface area contributed by atoms with Crippen molar-refractivity contribution in [2.75, 3.05) is 23.3 Å². The van der Waals surface area contributed by atoms with Crippen molar-refractivity contribution in [2.24, 2.45) is 5.92 Å². The van der Waals surface area contributed by atoms with Crippen LogP contribution in [-0.2, 0) is 4.79 Å². The molecule has 0 saturated carbocycles. The van der Waals surface area contributed by atoms with E-state index in [2.05, 4.69) is 16.3 Å². The first-order valence-corrected chi connectivity index (χ1v) is 8.22. The number of hydrogen-bond acceptors (Lipinski definition) is 4. The zero-order valence-corrected chi connectivity index (χ0v) is 13.3. The van der Waals surface area contributed by atoms with E-state index in [1.54, 1.807) is 11.4 Å². The van der Waals surface area contributed by atoms with E-state index in [0.717, 1.165) is 18.7 Å². The van der Waals surface area contributed by atoms with E-state index in [4.69, 9.17) is 16.9 Å². The highest BCUT2D eigenvalue weighted by Crippen LogP contribution is 2.31. The summed E-state index contributed by atoms with van der Waals surface area (Å²) in [6, 6.07) is 11.5. The number of hydrogen-bond donors (Lipinski definition) is 1. The molecule has 1 fully saturated rings. The Bertz CT molecular complexity index is 737. The first-order valence-electron chi connectivity index (χ1n) is 6.97. The molecule has 1 N–H and O–H groups in total. The minimum absolute atomic E-state index is 0.0338. The lowest BCUT2D eigenvalue weighted by molar-refractivity contribution is -0.119. The molecule has 2 heterocycles. The molecule has 0 bridgehead atoms. The molecule has 0 radical (unpaired) electrons. The van der Waals surface area contributed by atoms with Crippen LogP contribution in [0.15, 0.2) is 35.7 Å². The van der Waals surface area contributed by atoms with E-state index in [1.165, 1.54) is 11.3 Å². The molecule has 1 aromatic carbocycles. The third-order valence-corrected chi connectivity index (χ3v) is 4.92. The predicted molar refractivity (Wildman–Crippen MR) is 89.4 cm³/mol. The summed E-state index contributed by atoms with van der Waals surface area (Å²) >= 11 is 7.58. The zero-order chi connectivity index (χ0) is 15.5. The van der Waals surface area contributed by atoms with Crippen molar-refractivity contribution in [3.63, 3.8) is 0 Å². The number of anilines is 2. The maximum atomic E-state index is 12.4. The number of halogens is 1. The topological polar surface area (TPSA) is 56.1 Å². The molecule has 1 aromatic heterocycles. The van der Waals surface area contributed by atoms with Crippen LogP contribution in [0.4, 0.5) is 10.7 Å². The summed E-state index contributed by atoms with van der Waals surface area (Å²) in [6.07, 6.45) is 0.782. The third kappa shape index (κ3) is 2.94.